The molecule has 0 spiro atoms. The molecule has 0 aromatic heterocycles. The van der Waals surface area contributed by atoms with Crippen LogP contribution in [0.25, 0.3) is 0 Å². The summed E-state index contributed by atoms with van der Waals surface area (Å²) in [6.07, 6.45) is 24.3. The molecule has 0 bridgehead atoms. The van der Waals surface area contributed by atoms with E-state index < -0.39 is 6.72 Å². The first-order chi connectivity index (χ1) is 13.6. The second-order valence-corrected chi connectivity index (χ2v) is 11.1. The Hall–Kier alpha value is 0.490. The predicted octanol–water partition coefficient (Wildman–Crippen LogP) is 7.98. The second-order valence-electron chi connectivity index (χ2n) is 8.33. The van der Waals surface area contributed by atoms with Gasteiger partial charge in [0.15, 0.2) is 0 Å². The van der Waals surface area contributed by atoms with Gasteiger partial charge in [-0.2, -0.15) is 0 Å². The molecular weight excluding hydrogens is 391 g/mol. The largest absolute Gasteiger partial charge is 0.353 e. The fraction of sp³-hybridized carbons (Fsp3) is 1.00. The monoisotopic (exact) mass is 436 g/mol. The van der Waals surface area contributed by atoms with Crippen LogP contribution in [0.5, 0.6) is 0 Å². The molecule has 0 aromatic rings. The van der Waals surface area contributed by atoms with Gasteiger partial charge in [-0.3, -0.25) is 0 Å². The summed E-state index contributed by atoms with van der Waals surface area (Å²) >= 11 is 4.98. The van der Waals surface area contributed by atoms with E-state index in [-0.39, 0.29) is 6.10 Å². The van der Waals surface area contributed by atoms with Crippen LogP contribution in [0, 0.1) is 0 Å². The van der Waals surface area contributed by atoms with Crippen LogP contribution >= 0.6 is 6.72 Å². The Morgan fingerprint density at radius 2 is 1.18 bits per heavy atom. The zero-order valence-electron chi connectivity index (χ0n) is 18.2. The summed E-state index contributed by atoms with van der Waals surface area (Å²) in [4.78, 5) is 15.2. The molecular formula is C22H45O4PS. The van der Waals surface area contributed by atoms with E-state index in [1.54, 1.807) is 0 Å². The van der Waals surface area contributed by atoms with E-state index >= 15 is 0 Å². The molecule has 0 heterocycles. The van der Waals surface area contributed by atoms with Crippen LogP contribution in [-0.2, 0) is 25.9 Å². The maximum Gasteiger partial charge on any atom is 0.353 e. The summed E-state index contributed by atoms with van der Waals surface area (Å²) in [6.45, 7) is -0.487. The molecule has 1 aliphatic rings. The van der Waals surface area contributed by atoms with Crippen molar-refractivity contribution in [3.63, 3.8) is 0 Å². The van der Waals surface area contributed by atoms with Crippen molar-refractivity contribution in [2.75, 3.05) is 6.61 Å². The van der Waals surface area contributed by atoms with Crippen LogP contribution in [0.2, 0.25) is 0 Å². The van der Waals surface area contributed by atoms with Gasteiger partial charge in [0.1, 0.15) is 0 Å². The summed E-state index contributed by atoms with van der Waals surface area (Å²) in [5.41, 5.74) is 0. The number of hydrogen-bond acceptors (Lipinski definition) is 4. The highest BCUT2D eigenvalue weighted by molar-refractivity contribution is 8.07. The summed E-state index contributed by atoms with van der Waals surface area (Å²) in [5.74, 6) is 0. The highest BCUT2D eigenvalue weighted by Gasteiger charge is 2.22. The molecule has 0 aliphatic heterocycles. The van der Waals surface area contributed by atoms with Gasteiger partial charge in [-0.15, -0.1) is 4.67 Å². The van der Waals surface area contributed by atoms with Crippen molar-refractivity contribution in [2.24, 2.45) is 0 Å². The quantitative estimate of drug-likeness (QED) is 0.0907. The molecule has 1 atom stereocenters. The van der Waals surface area contributed by atoms with Gasteiger partial charge < -0.3 is 9.42 Å². The molecule has 4 nitrogen and oxygen atoms in total. The fourth-order valence-corrected chi connectivity index (χ4v) is 4.74. The lowest BCUT2D eigenvalue weighted by Crippen LogP contribution is -2.08. The standard InChI is InChI=1S/C22H45O4PS/c1-2-3-4-5-6-7-8-9-10-11-12-13-14-15-18-21-24-27(23,28)26-25-22-19-16-17-20-22/h22H,2-21H2,1H3,(H,23,28). The van der Waals surface area contributed by atoms with Gasteiger partial charge in [0.2, 0.25) is 0 Å². The Labute approximate surface area is 179 Å². The van der Waals surface area contributed by atoms with E-state index in [2.05, 4.69) is 6.92 Å². The topological polar surface area (TPSA) is 47.9 Å². The molecule has 1 rings (SSSR count). The first-order valence-electron chi connectivity index (χ1n) is 12.0. The molecule has 1 fully saturated rings. The minimum Gasteiger partial charge on any atom is -0.323 e. The zero-order chi connectivity index (χ0) is 20.3. The molecule has 0 saturated heterocycles. The molecule has 1 aliphatic carbocycles. The highest BCUT2D eigenvalue weighted by Crippen LogP contribution is 2.45. The van der Waals surface area contributed by atoms with E-state index in [1.165, 1.54) is 83.5 Å². The van der Waals surface area contributed by atoms with Crippen molar-refractivity contribution in [3.8, 4) is 0 Å². The van der Waals surface area contributed by atoms with Crippen molar-refractivity contribution in [1.29, 1.82) is 0 Å². The molecule has 0 amide bonds. The third-order valence-electron chi connectivity index (χ3n) is 5.58. The number of rotatable bonds is 20. The normalized spacial score (nSPS) is 17.2. The highest BCUT2D eigenvalue weighted by atomic mass is 32.5. The molecule has 1 N–H and O–H groups in total. The molecule has 1 unspecified atom stereocenters. The smallest absolute Gasteiger partial charge is 0.323 e. The lowest BCUT2D eigenvalue weighted by atomic mass is 10.0. The third kappa shape index (κ3) is 16.3. The average molecular weight is 437 g/mol. The van der Waals surface area contributed by atoms with E-state index in [4.69, 9.17) is 25.9 Å². The van der Waals surface area contributed by atoms with Crippen LogP contribution in [0.15, 0.2) is 0 Å². The first-order valence-corrected chi connectivity index (χ1v) is 14.6. The van der Waals surface area contributed by atoms with Crippen molar-refractivity contribution in [3.05, 3.63) is 0 Å². The van der Waals surface area contributed by atoms with E-state index in [1.807, 2.05) is 0 Å². The average Bonchev–Trinajstić information content (AvgIpc) is 3.20. The summed E-state index contributed by atoms with van der Waals surface area (Å²) in [5, 5.41) is 0. The molecule has 1 saturated carbocycles. The Bertz CT molecular complexity index is 389. The lowest BCUT2D eigenvalue weighted by Gasteiger charge is -2.17. The van der Waals surface area contributed by atoms with Gasteiger partial charge in [0.05, 0.1) is 12.7 Å². The van der Waals surface area contributed by atoms with E-state index in [0.717, 1.165) is 38.5 Å². The van der Waals surface area contributed by atoms with Crippen LogP contribution in [-0.4, -0.2) is 17.6 Å². The molecule has 0 aromatic carbocycles. The molecule has 0 radical (unpaired) electrons. The predicted molar refractivity (Wildman–Crippen MR) is 122 cm³/mol. The van der Waals surface area contributed by atoms with Crippen LogP contribution < -0.4 is 0 Å². The van der Waals surface area contributed by atoms with Gasteiger partial charge >= 0.3 is 6.72 Å². The zero-order valence-corrected chi connectivity index (χ0v) is 20.0. The van der Waals surface area contributed by atoms with E-state index in [0.29, 0.717) is 6.61 Å². The van der Waals surface area contributed by atoms with Crippen LogP contribution in [0.3, 0.4) is 0 Å². The Kier molecular flexibility index (Phi) is 17.3. The minimum atomic E-state index is -3.22. The van der Waals surface area contributed by atoms with Gasteiger partial charge in [-0.25, -0.2) is 4.89 Å². The third-order valence-corrected chi connectivity index (χ3v) is 6.86. The Morgan fingerprint density at radius 1 is 0.750 bits per heavy atom. The van der Waals surface area contributed by atoms with Crippen molar-refractivity contribution >= 4 is 18.5 Å². The molecule has 6 heteroatoms. The Balaban J connectivity index is 1.77. The SMILES string of the molecule is CCCCCCCCCCCCCCCCCOP(O)(=S)OOC1CCCC1. The molecule has 28 heavy (non-hydrogen) atoms. The number of hydrogen-bond donors (Lipinski definition) is 1. The Morgan fingerprint density at radius 3 is 1.64 bits per heavy atom. The number of unbranched alkanes of at least 4 members (excludes halogenated alkanes) is 14. The van der Waals surface area contributed by atoms with Crippen LogP contribution in [0.1, 0.15) is 129 Å². The van der Waals surface area contributed by atoms with Crippen molar-refractivity contribution in [1.82, 2.24) is 0 Å². The van der Waals surface area contributed by atoms with Gasteiger partial charge in [0, 0.05) is 0 Å². The summed E-state index contributed by atoms with van der Waals surface area (Å²) in [7, 11) is 0. The lowest BCUT2D eigenvalue weighted by molar-refractivity contribution is -0.250. The van der Waals surface area contributed by atoms with Gasteiger partial charge in [-0.05, 0) is 31.1 Å². The molecule has 168 valence electrons. The maximum atomic E-state index is 9.95. The summed E-state index contributed by atoms with van der Waals surface area (Å²) < 4.78 is 10.3. The second kappa shape index (κ2) is 18.3. The summed E-state index contributed by atoms with van der Waals surface area (Å²) in [6, 6.07) is 0. The van der Waals surface area contributed by atoms with Crippen molar-refractivity contribution < 1.29 is 19.0 Å². The fourth-order valence-electron chi connectivity index (χ4n) is 3.77. The van der Waals surface area contributed by atoms with Gasteiger partial charge in [0.25, 0.3) is 0 Å². The first kappa shape index (κ1) is 26.5. The van der Waals surface area contributed by atoms with Gasteiger partial charge in [-0.1, -0.05) is 110 Å². The van der Waals surface area contributed by atoms with Crippen molar-refractivity contribution in [2.45, 2.75) is 135 Å². The maximum absolute atomic E-state index is 9.95. The van der Waals surface area contributed by atoms with Crippen LogP contribution in [0.4, 0.5) is 0 Å². The van der Waals surface area contributed by atoms with E-state index in [9.17, 15) is 4.89 Å². The minimum absolute atomic E-state index is 0.0730.